The van der Waals surface area contributed by atoms with Gasteiger partial charge in [-0.2, -0.15) is 0 Å². The van der Waals surface area contributed by atoms with Gasteiger partial charge in [-0.1, -0.05) is 32.9 Å². The Kier molecular flexibility index (Phi) is 4.31. The third kappa shape index (κ3) is 3.19. The highest BCUT2D eigenvalue weighted by atomic mass is 16.4. The maximum Gasteiger partial charge on any atom is 0.343 e. The Hall–Kier alpha value is -3.48. The van der Waals surface area contributed by atoms with Gasteiger partial charge in [-0.05, 0) is 23.6 Å². The van der Waals surface area contributed by atoms with Gasteiger partial charge in [0.1, 0.15) is 22.8 Å². The number of carbonyl (C=O) groups is 2. The standard InChI is InChI=1S/C20H18N2O5/c1-20(2,3)11-8-10(17(24)15(18(11)25)19(26)27)16(23)14-9-21-12-6-4-5-7-13(12)22-14/h4-9,24-25H,1-3H3,(H,26,27). The predicted molar refractivity (Wildman–Crippen MR) is 98.4 cm³/mol. The number of aromatic hydroxyl groups is 2. The van der Waals surface area contributed by atoms with Crippen LogP contribution in [-0.4, -0.2) is 37.0 Å². The molecule has 0 fully saturated rings. The maximum atomic E-state index is 12.9. The van der Waals surface area contributed by atoms with E-state index in [0.29, 0.717) is 11.0 Å². The highest BCUT2D eigenvalue weighted by Gasteiger charge is 2.30. The molecule has 138 valence electrons. The Bertz CT molecular complexity index is 1080. The molecule has 0 amide bonds. The first-order valence-corrected chi connectivity index (χ1v) is 8.20. The molecule has 0 aliphatic rings. The van der Waals surface area contributed by atoms with Crippen LogP contribution in [0.5, 0.6) is 11.5 Å². The van der Waals surface area contributed by atoms with Crippen molar-refractivity contribution in [3.05, 3.63) is 58.9 Å². The smallest absolute Gasteiger partial charge is 0.343 e. The summed E-state index contributed by atoms with van der Waals surface area (Å²) in [6.45, 7) is 5.28. The fourth-order valence-corrected chi connectivity index (χ4v) is 2.81. The molecule has 7 heteroatoms. The number of benzene rings is 2. The quantitative estimate of drug-likeness (QED) is 0.608. The van der Waals surface area contributed by atoms with Crippen LogP contribution in [0.2, 0.25) is 0 Å². The van der Waals surface area contributed by atoms with E-state index in [2.05, 4.69) is 9.97 Å². The van der Waals surface area contributed by atoms with Gasteiger partial charge in [0, 0.05) is 5.56 Å². The van der Waals surface area contributed by atoms with E-state index >= 15 is 0 Å². The van der Waals surface area contributed by atoms with E-state index in [1.54, 1.807) is 45.0 Å². The zero-order valence-electron chi connectivity index (χ0n) is 15.0. The molecule has 0 bridgehead atoms. The van der Waals surface area contributed by atoms with E-state index in [0.717, 1.165) is 0 Å². The van der Waals surface area contributed by atoms with Gasteiger partial charge in [-0.25, -0.2) is 9.78 Å². The summed E-state index contributed by atoms with van der Waals surface area (Å²) in [6.07, 6.45) is 1.27. The van der Waals surface area contributed by atoms with Crippen LogP contribution in [0.25, 0.3) is 11.0 Å². The largest absolute Gasteiger partial charge is 0.507 e. The Labute approximate surface area is 155 Å². The number of carboxylic acid groups (broad SMARTS) is 1. The number of nitrogens with zero attached hydrogens (tertiary/aromatic N) is 2. The molecule has 0 aliphatic heterocycles. The van der Waals surface area contributed by atoms with Gasteiger partial charge in [0.2, 0.25) is 5.78 Å². The summed E-state index contributed by atoms with van der Waals surface area (Å²) in [5.41, 5.74) is -0.326. The molecule has 0 radical (unpaired) electrons. The molecule has 0 aliphatic carbocycles. The molecular weight excluding hydrogens is 348 g/mol. The van der Waals surface area contributed by atoms with E-state index in [9.17, 15) is 24.9 Å². The maximum absolute atomic E-state index is 12.9. The summed E-state index contributed by atoms with van der Waals surface area (Å²) in [5.74, 6) is -3.57. The molecule has 27 heavy (non-hydrogen) atoms. The SMILES string of the molecule is CC(C)(C)c1cc(C(=O)c2cnc3ccccc3n2)c(O)c(C(=O)O)c1O. The molecule has 2 aromatic carbocycles. The predicted octanol–water partition coefficient (Wildman–Crippen LogP) is 3.27. The highest BCUT2D eigenvalue weighted by molar-refractivity contribution is 6.12. The summed E-state index contributed by atoms with van der Waals surface area (Å²) in [4.78, 5) is 32.9. The summed E-state index contributed by atoms with van der Waals surface area (Å²) >= 11 is 0. The highest BCUT2D eigenvalue weighted by Crippen LogP contribution is 2.40. The minimum atomic E-state index is -1.53. The van der Waals surface area contributed by atoms with Crippen molar-refractivity contribution in [2.24, 2.45) is 0 Å². The minimum absolute atomic E-state index is 0.0362. The molecule has 0 spiro atoms. The second-order valence-corrected chi connectivity index (χ2v) is 7.17. The number of phenols is 2. The Morgan fingerprint density at radius 1 is 1.00 bits per heavy atom. The van der Waals surface area contributed by atoms with E-state index in [1.165, 1.54) is 12.3 Å². The van der Waals surface area contributed by atoms with Crippen molar-refractivity contribution < 1.29 is 24.9 Å². The van der Waals surface area contributed by atoms with Crippen molar-refractivity contribution >= 4 is 22.8 Å². The number of para-hydroxylation sites is 2. The van der Waals surface area contributed by atoms with Gasteiger partial charge in [0.05, 0.1) is 22.8 Å². The number of aromatic carboxylic acids is 1. The number of hydrogen-bond acceptors (Lipinski definition) is 6. The van der Waals surface area contributed by atoms with Crippen LogP contribution in [0.15, 0.2) is 36.5 Å². The third-order valence-corrected chi connectivity index (χ3v) is 4.22. The number of hydrogen-bond donors (Lipinski definition) is 3. The van der Waals surface area contributed by atoms with Gasteiger partial charge in [0.25, 0.3) is 0 Å². The molecule has 1 heterocycles. The second-order valence-electron chi connectivity index (χ2n) is 7.17. The van der Waals surface area contributed by atoms with Crippen LogP contribution in [0.4, 0.5) is 0 Å². The fraction of sp³-hybridized carbons (Fsp3) is 0.200. The van der Waals surface area contributed by atoms with Crippen molar-refractivity contribution in [1.82, 2.24) is 9.97 Å². The van der Waals surface area contributed by atoms with Gasteiger partial charge < -0.3 is 15.3 Å². The van der Waals surface area contributed by atoms with Crippen LogP contribution in [0.3, 0.4) is 0 Å². The number of ketones is 1. The molecule has 3 rings (SSSR count). The third-order valence-electron chi connectivity index (χ3n) is 4.22. The zero-order valence-corrected chi connectivity index (χ0v) is 15.0. The van der Waals surface area contributed by atoms with Gasteiger partial charge >= 0.3 is 5.97 Å². The molecule has 0 saturated carbocycles. The molecule has 0 saturated heterocycles. The van der Waals surface area contributed by atoms with Crippen LogP contribution >= 0.6 is 0 Å². The first kappa shape index (κ1) is 18.3. The molecule has 1 aromatic heterocycles. The van der Waals surface area contributed by atoms with E-state index in [4.69, 9.17) is 0 Å². The molecule has 7 nitrogen and oxygen atoms in total. The van der Waals surface area contributed by atoms with Crippen LogP contribution < -0.4 is 0 Å². The van der Waals surface area contributed by atoms with Gasteiger partial charge in [-0.3, -0.25) is 9.78 Å². The minimum Gasteiger partial charge on any atom is -0.507 e. The second kappa shape index (κ2) is 6.35. The number of carboxylic acids is 1. The summed E-state index contributed by atoms with van der Waals surface area (Å²) in [6, 6.07) is 8.28. The monoisotopic (exact) mass is 366 g/mol. The summed E-state index contributed by atoms with van der Waals surface area (Å²) in [7, 11) is 0. The number of carbonyl (C=O) groups excluding carboxylic acids is 1. The fourth-order valence-electron chi connectivity index (χ4n) is 2.81. The van der Waals surface area contributed by atoms with E-state index in [1.807, 2.05) is 0 Å². The van der Waals surface area contributed by atoms with Crippen molar-refractivity contribution in [3.63, 3.8) is 0 Å². The zero-order chi connectivity index (χ0) is 19.9. The van der Waals surface area contributed by atoms with Crippen LogP contribution in [0, 0.1) is 0 Å². The van der Waals surface area contributed by atoms with E-state index in [-0.39, 0.29) is 16.8 Å². The van der Waals surface area contributed by atoms with Crippen molar-refractivity contribution in [2.75, 3.05) is 0 Å². The Morgan fingerprint density at radius 2 is 1.63 bits per heavy atom. The first-order valence-electron chi connectivity index (χ1n) is 8.20. The molecular formula is C20H18N2O5. The lowest BCUT2D eigenvalue weighted by molar-refractivity contribution is 0.0690. The van der Waals surface area contributed by atoms with Gasteiger partial charge in [0.15, 0.2) is 0 Å². The van der Waals surface area contributed by atoms with Gasteiger partial charge in [-0.15, -0.1) is 0 Å². The lowest BCUT2D eigenvalue weighted by Crippen LogP contribution is -2.16. The van der Waals surface area contributed by atoms with Crippen molar-refractivity contribution in [2.45, 2.75) is 26.2 Å². The van der Waals surface area contributed by atoms with Crippen molar-refractivity contribution in [1.29, 1.82) is 0 Å². The lowest BCUT2D eigenvalue weighted by atomic mass is 9.83. The average molecular weight is 366 g/mol. The lowest BCUT2D eigenvalue weighted by Gasteiger charge is -2.23. The molecule has 3 N–H and O–H groups in total. The number of rotatable bonds is 3. The summed E-state index contributed by atoms with van der Waals surface area (Å²) < 4.78 is 0. The summed E-state index contributed by atoms with van der Waals surface area (Å²) in [5, 5.41) is 30.1. The number of aromatic nitrogens is 2. The Morgan fingerprint density at radius 3 is 2.22 bits per heavy atom. The molecule has 3 aromatic rings. The van der Waals surface area contributed by atoms with E-state index < -0.39 is 34.2 Å². The van der Waals surface area contributed by atoms with Crippen molar-refractivity contribution in [3.8, 4) is 11.5 Å². The Balaban J connectivity index is 2.24. The molecule has 0 unspecified atom stereocenters. The topological polar surface area (TPSA) is 121 Å². The van der Waals surface area contributed by atoms with Crippen LogP contribution in [0.1, 0.15) is 52.7 Å². The normalized spacial score (nSPS) is 11.5. The number of fused-ring (bicyclic) bond motifs is 1. The first-order chi connectivity index (χ1) is 12.6. The average Bonchev–Trinajstić information content (AvgIpc) is 2.59. The van der Waals surface area contributed by atoms with Crippen LogP contribution in [-0.2, 0) is 5.41 Å². The molecule has 0 atom stereocenters.